The van der Waals surface area contributed by atoms with Gasteiger partial charge in [-0.2, -0.15) is 0 Å². The zero-order valence-corrected chi connectivity index (χ0v) is 6.33. The second kappa shape index (κ2) is 4.36. The van der Waals surface area contributed by atoms with E-state index < -0.39 is 0 Å². The predicted molar refractivity (Wildman–Crippen MR) is 40.9 cm³/mol. The van der Waals surface area contributed by atoms with Crippen molar-refractivity contribution in [2.75, 3.05) is 6.54 Å². The first kappa shape index (κ1) is 8.56. The van der Waals surface area contributed by atoms with Crippen LogP contribution in [-0.2, 0) is 11.2 Å². The summed E-state index contributed by atoms with van der Waals surface area (Å²) in [4.78, 5) is 16.6. The van der Waals surface area contributed by atoms with E-state index in [0.717, 1.165) is 6.20 Å². The maximum absolute atomic E-state index is 12.8. The van der Waals surface area contributed by atoms with Crippen molar-refractivity contribution in [3.05, 3.63) is 29.8 Å². The summed E-state index contributed by atoms with van der Waals surface area (Å²) in [5, 5.41) is 0. The molecule has 0 amide bonds. The summed E-state index contributed by atoms with van der Waals surface area (Å²) in [5.74, 6) is -0.362. The number of aromatic nitrogens is 1. The van der Waals surface area contributed by atoms with Gasteiger partial charge in [0.2, 0.25) is 6.08 Å². The van der Waals surface area contributed by atoms with Crippen LogP contribution in [0.4, 0.5) is 4.39 Å². The van der Waals surface area contributed by atoms with Gasteiger partial charge in [0.1, 0.15) is 5.82 Å². The molecule has 3 nitrogen and oxygen atoms in total. The number of hydrogen-bond donors (Lipinski definition) is 0. The number of halogens is 1. The lowest BCUT2D eigenvalue weighted by Gasteiger charge is -1.96. The van der Waals surface area contributed by atoms with Gasteiger partial charge in [0.25, 0.3) is 0 Å². The monoisotopic (exact) mass is 166 g/mol. The highest BCUT2D eigenvalue weighted by Crippen LogP contribution is 2.04. The molecule has 1 aromatic heterocycles. The fourth-order valence-corrected chi connectivity index (χ4v) is 0.829. The molecule has 1 aromatic rings. The minimum absolute atomic E-state index is 0.268. The van der Waals surface area contributed by atoms with Gasteiger partial charge in [0, 0.05) is 6.20 Å². The molecule has 0 aliphatic carbocycles. The fourth-order valence-electron chi connectivity index (χ4n) is 0.829. The summed E-state index contributed by atoms with van der Waals surface area (Å²) in [6.45, 7) is 0.268. The van der Waals surface area contributed by atoms with Crippen molar-refractivity contribution in [3.8, 4) is 0 Å². The molecule has 0 aromatic carbocycles. The first-order valence-electron chi connectivity index (χ1n) is 3.46. The SMILES string of the molecule is O=C=NCCc1ccncc1F. The molecule has 62 valence electrons. The Hall–Kier alpha value is -1.54. The van der Waals surface area contributed by atoms with Crippen LogP contribution in [0.5, 0.6) is 0 Å². The molecule has 4 heteroatoms. The lowest BCUT2D eigenvalue weighted by molar-refractivity contribution is 0.562. The van der Waals surface area contributed by atoms with Gasteiger partial charge in [-0.25, -0.2) is 14.2 Å². The van der Waals surface area contributed by atoms with E-state index >= 15 is 0 Å². The van der Waals surface area contributed by atoms with E-state index in [1.165, 1.54) is 12.3 Å². The Morgan fingerprint density at radius 3 is 3.17 bits per heavy atom. The summed E-state index contributed by atoms with van der Waals surface area (Å²) in [5.41, 5.74) is 0.518. The second-order valence-corrected chi connectivity index (χ2v) is 2.19. The second-order valence-electron chi connectivity index (χ2n) is 2.19. The van der Waals surface area contributed by atoms with Crippen LogP contribution in [0.3, 0.4) is 0 Å². The van der Waals surface area contributed by atoms with Crippen LogP contribution < -0.4 is 0 Å². The minimum atomic E-state index is -0.362. The van der Waals surface area contributed by atoms with E-state index in [2.05, 4.69) is 9.98 Å². The van der Waals surface area contributed by atoms with E-state index in [9.17, 15) is 9.18 Å². The summed E-state index contributed by atoms with van der Waals surface area (Å²) < 4.78 is 12.8. The Morgan fingerprint density at radius 2 is 2.50 bits per heavy atom. The first-order chi connectivity index (χ1) is 5.84. The molecule has 1 rings (SSSR count). The quantitative estimate of drug-likeness (QED) is 0.498. The number of carbonyl (C=O) groups excluding carboxylic acids is 1. The fraction of sp³-hybridized carbons (Fsp3) is 0.250. The van der Waals surface area contributed by atoms with Crippen LogP contribution in [0.15, 0.2) is 23.5 Å². The Kier molecular flexibility index (Phi) is 3.11. The molecule has 0 bridgehead atoms. The molecular formula is C8H7FN2O. The van der Waals surface area contributed by atoms with Crippen molar-refractivity contribution in [3.63, 3.8) is 0 Å². The first-order valence-corrected chi connectivity index (χ1v) is 3.46. The molecule has 0 fully saturated rings. The standard InChI is InChI=1S/C8H7FN2O/c9-8-5-10-3-1-7(8)2-4-11-6-12/h1,3,5H,2,4H2. The van der Waals surface area contributed by atoms with Crippen molar-refractivity contribution in [1.82, 2.24) is 4.98 Å². The maximum atomic E-state index is 12.8. The predicted octanol–water partition coefficient (Wildman–Crippen LogP) is 1.10. The van der Waals surface area contributed by atoms with Crippen molar-refractivity contribution < 1.29 is 9.18 Å². The number of nitrogens with zero attached hydrogens (tertiary/aromatic N) is 2. The minimum Gasteiger partial charge on any atom is -0.262 e. The van der Waals surface area contributed by atoms with Crippen LogP contribution in [0.1, 0.15) is 5.56 Å². The number of isocyanates is 1. The zero-order valence-electron chi connectivity index (χ0n) is 6.33. The van der Waals surface area contributed by atoms with Gasteiger partial charge in [-0.1, -0.05) is 0 Å². The Bertz CT molecular complexity index is 308. The van der Waals surface area contributed by atoms with Crippen molar-refractivity contribution in [2.45, 2.75) is 6.42 Å². The normalized spacial score (nSPS) is 9.08. The highest BCUT2D eigenvalue weighted by Gasteiger charge is 1.98. The highest BCUT2D eigenvalue weighted by atomic mass is 19.1. The van der Waals surface area contributed by atoms with E-state index in [0.29, 0.717) is 12.0 Å². The van der Waals surface area contributed by atoms with Gasteiger partial charge in [-0.05, 0) is 18.1 Å². The molecule has 0 aliphatic rings. The van der Waals surface area contributed by atoms with E-state index in [1.54, 1.807) is 6.07 Å². The topological polar surface area (TPSA) is 42.3 Å². The Labute approximate surface area is 69.0 Å². The Balaban J connectivity index is 2.62. The number of rotatable bonds is 3. The van der Waals surface area contributed by atoms with Gasteiger partial charge in [-0.15, -0.1) is 0 Å². The third-order valence-electron chi connectivity index (χ3n) is 1.41. The largest absolute Gasteiger partial charge is 0.262 e. The molecule has 0 spiro atoms. The highest BCUT2D eigenvalue weighted by molar-refractivity contribution is 5.33. The molecule has 12 heavy (non-hydrogen) atoms. The van der Waals surface area contributed by atoms with Crippen molar-refractivity contribution >= 4 is 6.08 Å². The molecule has 0 atom stereocenters. The summed E-state index contributed by atoms with van der Waals surface area (Å²) in [6, 6.07) is 1.57. The van der Waals surface area contributed by atoms with Crippen molar-refractivity contribution in [2.24, 2.45) is 4.99 Å². The van der Waals surface area contributed by atoms with Gasteiger partial charge in [0.15, 0.2) is 0 Å². The van der Waals surface area contributed by atoms with Gasteiger partial charge < -0.3 is 0 Å². The van der Waals surface area contributed by atoms with E-state index in [4.69, 9.17) is 0 Å². The van der Waals surface area contributed by atoms with Gasteiger partial charge in [0.05, 0.1) is 12.7 Å². The van der Waals surface area contributed by atoms with Crippen LogP contribution in [0.25, 0.3) is 0 Å². The maximum Gasteiger partial charge on any atom is 0.234 e. The Morgan fingerprint density at radius 1 is 1.67 bits per heavy atom. The average molecular weight is 166 g/mol. The zero-order chi connectivity index (χ0) is 8.81. The number of aliphatic imine (C=N–C) groups is 1. The smallest absolute Gasteiger partial charge is 0.234 e. The van der Waals surface area contributed by atoms with Gasteiger partial charge in [-0.3, -0.25) is 4.98 Å². The number of hydrogen-bond acceptors (Lipinski definition) is 3. The third kappa shape index (κ3) is 2.25. The summed E-state index contributed by atoms with van der Waals surface area (Å²) >= 11 is 0. The third-order valence-corrected chi connectivity index (χ3v) is 1.41. The molecule has 1 heterocycles. The summed E-state index contributed by atoms with van der Waals surface area (Å²) in [6.07, 6.45) is 4.44. The van der Waals surface area contributed by atoms with Crippen molar-refractivity contribution in [1.29, 1.82) is 0 Å². The lowest BCUT2D eigenvalue weighted by atomic mass is 10.2. The van der Waals surface area contributed by atoms with Crippen LogP contribution in [0.2, 0.25) is 0 Å². The van der Waals surface area contributed by atoms with E-state index in [1.807, 2.05) is 0 Å². The van der Waals surface area contributed by atoms with Gasteiger partial charge >= 0.3 is 0 Å². The average Bonchev–Trinajstić information content (AvgIpc) is 2.09. The molecular weight excluding hydrogens is 159 g/mol. The summed E-state index contributed by atoms with van der Waals surface area (Å²) in [7, 11) is 0. The van der Waals surface area contributed by atoms with Crippen LogP contribution >= 0.6 is 0 Å². The van der Waals surface area contributed by atoms with Crippen LogP contribution in [-0.4, -0.2) is 17.6 Å². The molecule has 0 aliphatic heterocycles. The lowest BCUT2D eigenvalue weighted by Crippen LogP contribution is -1.93. The van der Waals surface area contributed by atoms with Crippen LogP contribution in [0, 0.1) is 5.82 Å². The molecule has 0 N–H and O–H groups in total. The van der Waals surface area contributed by atoms with E-state index in [-0.39, 0.29) is 12.4 Å². The molecule has 0 saturated carbocycles. The molecule has 0 unspecified atom stereocenters. The molecule has 0 saturated heterocycles. The number of pyridine rings is 1. The molecule has 0 radical (unpaired) electrons.